The number of ether oxygens (including phenoxy) is 1. The smallest absolute Gasteiger partial charge is 0.358 e. The van der Waals surface area contributed by atoms with Crippen molar-refractivity contribution in [1.29, 1.82) is 0 Å². The summed E-state index contributed by atoms with van der Waals surface area (Å²) in [6.07, 6.45) is 0. The molecule has 0 unspecified atom stereocenters. The molecule has 0 aliphatic heterocycles. The van der Waals surface area contributed by atoms with Gasteiger partial charge in [0.1, 0.15) is 6.61 Å². The Morgan fingerprint density at radius 2 is 1.80 bits per heavy atom. The first-order chi connectivity index (χ1) is 11.6. The summed E-state index contributed by atoms with van der Waals surface area (Å²) in [4.78, 5) is 27.3. The van der Waals surface area contributed by atoms with Gasteiger partial charge in [-0.2, -0.15) is 0 Å². The number of hydrogen-bond acceptors (Lipinski definition) is 5. The molecule has 134 valence electrons. The lowest BCUT2D eigenvalue weighted by Crippen LogP contribution is -2.13. The quantitative estimate of drug-likeness (QED) is 0.822. The molecule has 2 rings (SSSR count). The van der Waals surface area contributed by atoms with E-state index < -0.39 is 5.97 Å². The van der Waals surface area contributed by atoms with Gasteiger partial charge in [-0.25, -0.2) is 9.78 Å². The summed E-state index contributed by atoms with van der Waals surface area (Å²) in [6, 6.07) is 4.29. The number of thiazole rings is 1. The van der Waals surface area contributed by atoms with Crippen LogP contribution in [0.4, 0.5) is 5.13 Å². The Kier molecular flexibility index (Phi) is 5.62. The zero-order chi connectivity index (χ0) is 18.8. The van der Waals surface area contributed by atoms with Gasteiger partial charge in [0.25, 0.3) is 0 Å². The van der Waals surface area contributed by atoms with Crippen molar-refractivity contribution >= 4 is 28.3 Å². The van der Waals surface area contributed by atoms with Crippen molar-refractivity contribution in [3.8, 4) is 0 Å². The van der Waals surface area contributed by atoms with E-state index in [4.69, 9.17) is 4.74 Å². The zero-order valence-corrected chi connectivity index (χ0v) is 16.3. The molecule has 1 aromatic carbocycles. The third kappa shape index (κ3) is 4.89. The number of amides is 1. The second kappa shape index (κ2) is 7.35. The number of carbonyl (C=O) groups excluding carboxylic acids is 2. The Balaban J connectivity index is 2.09. The molecule has 0 radical (unpaired) electrons. The summed E-state index contributed by atoms with van der Waals surface area (Å²) in [7, 11) is 0. The maximum Gasteiger partial charge on any atom is 0.358 e. The van der Waals surface area contributed by atoms with Crippen molar-refractivity contribution < 1.29 is 14.3 Å². The van der Waals surface area contributed by atoms with Crippen LogP contribution in [0, 0.1) is 13.8 Å². The molecule has 0 bridgehead atoms. The van der Waals surface area contributed by atoms with Crippen LogP contribution in [-0.4, -0.2) is 16.9 Å². The summed E-state index contributed by atoms with van der Waals surface area (Å²) < 4.78 is 5.41. The van der Waals surface area contributed by atoms with Crippen molar-refractivity contribution in [1.82, 2.24) is 4.98 Å². The number of rotatable bonds is 4. The number of hydrogen-bond donors (Lipinski definition) is 1. The van der Waals surface area contributed by atoms with E-state index in [0.29, 0.717) is 5.13 Å². The third-order valence-electron chi connectivity index (χ3n) is 3.91. The molecule has 0 saturated carbocycles. The van der Waals surface area contributed by atoms with Gasteiger partial charge in [0.05, 0.1) is 0 Å². The molecule has 0 aliphatic rings. The molecule has 1 heterocycles. The van der Waals surface area contributed by atoms with Gasteiger partial charge in [-0.3, -0.25) is 4.79 Å². The summed E-state index contributed by atoms with van der Waals surface area (Å²) in [5, 5.41) is 4.52. The van der Waals surface area contributed by atoms with Crippen LogP contribution in [-0.2, 0) is 21.6 Å². The summed E-state index contributed by atoms with van der Waals surface area (Å²) in [5.74, 6) is -0.717. The highest BCUT2D eigenvalue weighted by Crippen LogP contribution is 2.27. The largest absolute Gasteiger partial charge is 0.456 e. The highest BCUT2D eigenvalue weighted by Gasteiger charge is 2.18. The SMILES string of the molecule is CC(=O)Nc1nc(C(=O)OCc2c(C)cc(C(C)(C)C)cc2C)cs1. The van der Waals surface area contributed by atoms with Crippen LogP contribution in [0.5, 0.6) is 0 Å². The lowest BCUT2D eigenvalue weighted by atomic mass is 9.84. The number of aromatic nitrogens is 1. The molecule has 5 nitrogen and oxygen atoms in total. The number of aryl methyl sites for hydroxylation is 2. The molecule has 0 atom stereocenters. The Bertz CT molecular complexity index is 780. The average Bonchev–Trinajstić information content (AvgIpc) is 2.92. The number of esters is 1. The van der Waals surface area contributed by atoms with Crippen molar-refractivity contribution in [2.24, 2.45) is 0 Å². The second-order valence-corrected chi connectivity index (χ2v) is 7.99. The molecule has 2 aromatic rings. The zero-order valence-electron chi connectivity index (χ0n) is 15.5. The Hall–Kier alpha value is -2.21. The summed E-state index contributed by atoms with van der Waals surface area (Å²) in [6.45, 7) is 12.2. The van der Waals surface area contributed by atoms with Crippen LogP contribution in [0.1, 0.15) is 60.4 Å². The lowest BCUT2D eigenvalue weighted by Gasteiger charge is -2.22. The molecule has 25 heavy (non-hydrogen) atoms. The molecule has 0 aliphatic carbocycles. The van der Waals surface area contributed by atoms with E-state index in [1.165, 1.54) is 23.8 Å². The Morgan fingerprint density at radius 3 is 2.32 bits per heavy atom. The van der Waals surface area contributed by atoms with Gasteiger partial charge in [-0.05, 0) is 41.5 Å². The van der Waals surface area contributed by atoms with Gasteiger partial charge in [0, 0.05) is 12.3 Å². The highest BCUT2D eigenvalue weighted by molar-refractivity contribution is 7.14. The van der Waals surface area contributed by atoms with Gasteiger partial charge in [-0.15, -0.1) is 11.3 Å². The van der Waals surface area contributed by atoms with E-state index >= 15 is 0 Å². The molecular weight excluding hydrogens is 336 g/mol. The van der Waals surface area contributed by atoms with Crippen molar-refractivity contribution in [2.75, 3.05) is 5.32 Å². The number of anilines is 1. The van der Waals surface area contributed by atoms with Gasteiger partial charge < -0.3 is 10.1 Å². The normalized spacial score (nSPS) is 11.3. The molecule has 1 aromatic heterocycles. The topological polar surface area (TPSA) is 68.3 Å². The van der Waals surface area contributed by atoms with E-state index in [0.717, 1.165) is 16.7 Å². The van der Waals surface area contributed by atoms with E-state index in [2.05, 4.69) is 43.2 Å². The highest BCUT2D eigenvalue weighted by atomic mass is 32.1. The minimum absolute atomic E-state index is 0.0748. The van der Waals surface area contributed by atoms with Crippen LogP contribution in [0.15, 0.2) is 17.5 Å². The van der Waals surface area contributed by atoms with Crippen LogP contribution >= 0.6 is 11.3 Å². The molecule has 0 spiro atoms. The Labute approximate surface area is 152 Å². The van der Waals surface area contributed by atoms with Crippen LogP contribution in [0.25, 0.3) is 0 Å². The first-order valence-electron chi connectivity index (χ1n) is 8.09. The number of carbonyl (C=O) groups is 2. The molecular formula is C19H24N2O3S. The molecule has 0 fully saturated rings. The molecule has 1 amide bonds. The summed E-state index contributed by atoms with van der Waals surface area (Å²) >= 11 is 1.19. The van der Waals surface area contributed by atoms with Gasteiger partial charge in [0.15, 0.2) is 10.8 Å². The average molecular weight is 360 g/mol. The first-order valence-corrected chi connectivity index (χ1v) is 8.96. The predicted molar refractivity (Wildman–Crippen MR) is 100 cm³/mol. The minimum Gasteiger partial charge on any atom is -0.456 e. The molecule has 0 saturated heterocycles. The Morgan fingerprint density at radius 1 is 1.20 bits per heavy atom. The van der Waals surface area contributed by atoms with E-state index in [9.17, 15) is 9.59 Å². The van der Waals surface area contributed by atoms with Gasteiger partial charge >= 0.3 is 5.97 Å². The van der Waals surface area contributed by atoms with Crippen LogP contribution in [0.2, 0.25) is 0 Å². The number of benzene rings is 1. The van der Waals surface area contributed by atoms with E-state index in [1.807, 2.05) is 13.8 Å². The third-order valence-corrected chi connectivity index (χ3v) is 4.66. The van der Waals surface area contributed by atoms with Gasteiger partial charge in [0.2, 0.25) is 5.91 Å². The van der Waals surface area contributed by atoms with Crippen molar-refractivity contribution in [2.45, 2.75) is 53.6 Å². The maximum atomic E-state index is 12.2. The molecule has 1 N–H and O–H groups in total. The fourth-order valence-electron chi connectivity index (χ4n) is 2.44. The standard InChI is InChI=1S/C19H24N2O3S/c1-11-7-14(19(4,5)6)8-12(2)15(11)9-24-17(23)16-10-25-18(21-16)20-13(3)22/h7-8,10H,9H2,1-6H3,(H,20,21,22). The monoisotopic (exact) mass is 360 g/mol. The number of nitrogens with one attached hydrogen (secondary N) is 1. The molecule has 6 heteroatoms. The second-order valence-electron chi connectivity index (χ2n) is 7.13. The van der Waals surface area contributed by atoms with E-state index in [1.54, 1.807) is 5.38 Å². The number of nitrogens with zero attached hydrogens (tertiary/aromatic N) is 1. The fraction of sp³-hybridized carbons (Fsp3) is 0.421. The van der Waals surface area contributed by atoms with E-state index in [-0.39, 0.29) is 23.6 Å². The van der Waals surface area contributed by atoms with Crippen molar-refractivity contribution in [3.05, 3.63) is 45.5 Å². The first kappa shape index (κ1) is 19.1. The maximum absolute atomic E-state index is 12.2. The predicted octanol–water partition coefficient (Wildman–Crippen LogP) is 4.37. The van der Waals surface area contributed by atoms with Crippen LogP contribution in [0.3, 0.4) is 0 Å². The summed E-state index contributed by atoms with van der Waals surface area (Å²) in [5.41, 5.74) is 4.77. The van der Waals surface area contributed by atoms with Crippen molar-refractivity contribution in [3.63, 3.8) is 0 Å². The fourth-order valence-corrected chi connectivity index (χ4v) is 3.17. The van der Waals surface area contributed by atoms with Gasteiger partial charge in [-0.1, -0.05) is 32.9 Å². The lowest BCUT2D eigenvalue weighted by molar-refractivity contribution is -0.114. The minimum atomic E-state index is -0.494. The van der Waals surface area contributed by atoms with Crippen LogP contribution < -0.4 is 5.32 Å².